The molecule has 3 nitrogen and oxygen atoms in total. The van der Waals surface area contributed by atoms with Crippen molar-refractivity contribution in [3.63, 3.8) is 0 Å². The van der Waals surface area contributed by atoms with E-state index in [-0.39, 0.29) is 0 Å². The lowest BCUT2D eigenvalue weighted by Crippen LogP contribution is -2.10. The van der Waals surface area contributed by atoms with Gasteiger partial charge >= 0.3 is 0 Å². The molecule has 0 fully saturated rings. The van der Waals surface area contributed by atoms with Crippen LogP contribution in [0.2, 0.25) is 0 Å². The molecule has 0 radical (unpaired) electrons. The standard InChI is InChI=1S/C55H39N3/c1-36-19-31-52-49(33-36)50-35-44(29-32-53(50)57(52)41-13-6-3-7-14-41)56(42-25-20-38(21-26-42)37-11-4-2-5-12-37)43-27-22-39(23-28-43)40-24-30-46-48-17-10-16-47-45-15-8-9-18-51(45)58(55(47)48)54(46)34-40/h2-32,34-36H,33H2,1H3. The molecule has 274 valence electrons. The molecule has 3 aromatic heterocycles. The number of nitrogens with zero attached hydrogens (tertiary/aromatic N) is 3. The van der Waals surface area contributed by atoms with Gasteiger partial charge in [-0.2, -0.15) is 0 Å². The normalized spacial score (nSPS) is 14.0. The van der Waals surface area contributed by atoms with Crippen molar-refractivity contribution in [3.05, 3.63) is 205 Å². The molecule has 11 aromatic rings. The molecule has 8 aromatic carbocycles. The Kier molecular flexibility index (Phi) is 7.27. The van der Waals surface area contributed by atoms with E-state index in [0.29, 0.717) is 5.92 Å². The van der Waals surface area contributed by atoms with Gasteiger partial charge in [-0.05, 0) is 113 Å². The summed E-state index contributed by atoms with van der Waals surface area (Å²) in [5.41, 5.74) is 17.1. The lowest BCUT2D eigenvalue weighted by molar-refractivity contribution is 0.718. The smallest absolute Gasteiger partial charge is 0.0620 e. The SMILES string of the molecule is CC1C=Cc2c(c3cc(N(c4ccc(-c5ccccc5)cc4)c4ccc(-c5ccc6c7cccc8c9ccccc9n(c6c5)c87)cc4)ccc3n2-c2ccccc2)C1. The summed E-state index contributed by atoms with van der Waals surface area (Å²) in [5.74, 6) is 0.482. The Bertz CT molecular complexity index is 3350. The van der Waals surface area contributed by atoms with Crippen molar-refractivity contribution in [2.24, 2.45) is 5.92 Å². The molecule has 58 heavy (non-hydrogen) atoms. The van der Waals surface area contributed by atoms with Gasteiger partial charge < -0.3 is 13.9 Å². The van der Waals surface area contributed by atoms with Gasteiger partial charge in [0.1, 0.15) is 0 Å². The summed E-state index contributed by atoms with van der Waals surface area (Å²) in [6.07, 6.45) is 5.70. The molecular weight excluding hydrogens is 703 g/mol. The van der Waals surface area contributed by atoms with Crippen molar-refractivity contribution >= 4 is 72.1 Å². The summed E-state index contributed by atoms with van der Waals surface area (Å²) >= 11 is 0. The lowest BCUT2D eigenvalue weighted by atomic mass is 9.93. The van der Waals surface area contributed by atoms with Gasteiger partial charge in [0.25, 0.3) is 0 Å². The third kappa shape index (κ3) is 5.00. The van der Waals surface area contributed by atoms with Crippen LogP contribution in [-0.2, 0) is 6.42 Å². The van der Waals surface area contributed by atoms with Crippen molar-refractivity contribution in [2.45, 2.75) is 13.3 Å². The van der Waals surface area contributed by atoms with E-state index in [1.807, 2.05) is 0 Å². The first-order valence-electron chi connectivity index (χ1n) is 20.3. The van der Waals surface area contributed by atoms with Crippen molar-refractivity contribution in [3.8, 4) is 27.9 Å². The van der Waals surface area contributed by atoms with Crippen LogP contribution in [0.3, 0.4) is 0 Å². The van der Waals surface area contributed by atoms with E-state index in [9.17, 15) is 0 Å². The number of hydrogen-bond acceptors (Lipinski definition) is 1. The quantitative estimate of drug-likeness (QED) is 0.165. The van der Waals surface area contributed by atoms with Crippen LogP contribution < -0.4 is 4.90 Å². The summed E-state index contributed by atoms with van der Waals surface area (Å²) < 4.78 is 4.89. The summed E-state index contributed by atoms with van der Waals surface area (Å²) in [6, 6.07) is 69.0. The first-order chi connectivity index (χ1) is 28.7. The average molecular weight is 742 g/mol. The number of fused-ring (bicyclic) bond motifs is 9. The number of allylic oxidation sites excluding steroid dienone is 1. The maximum absolute atomic E-state index is 2.46. The number of para-hydroxylation sites is 3. The lowest BCUT2D eigenvalue weighted by Gasteiger charge is -2.26. The Balaban J connectivity index is 0.997. The summed E-state index contributed by atoms with van der Waals surface area (Å²) in [4.78, 5) is 2.41. The van der Waals surface area contributed by atoms with Crippen LogP contribution in [0.1, 0.15) is 18.2 Å². The van der Waals surface area contributed by atoms with Crippen LogP contribution in [0.15, 0.2) is 194 Å². The van der Waals surface area contributed by atoms with E-state index in [2.05, 4.69) is 221 Å². The van der Waals surface area contributed by atoms with Gasteiger partial charge in [-0.1, -0.05) is 134 Å². The highest BCUT2D eigenvalue weighted by molar-refractivity contribution is 6.23. The second-order valence-electron chi connectivity index (χ2n) is 15.9. The van der Waals surface area contributed by atoms with Crippen LogP contribution in [0.5, 0.6) is 0 Å². The number of hydrogen-bond donors (Lipinski definition) is 0. The fraction of sp³-hybridized carbons (Fsp3) is 0.0545. The number of rotatable bonds is 6. The fourth-order valence-corrected chi connectivity index (χ4v) is 9.69. The predicted molar refractivity (Wildman–Crippen MR) is 245 cm³/mol. The zero-order chi connectivity index (χ0) is 38.3. The maximum atomic E-state index is 2.46. The van der Waals surface area contributed by atoms with Crippen molar-refractivity contribution in [1.29, 1.82) is 0 Å². The van der Waals surface area contributed by atoms with Gasteiger partial charge in [-0.25, -0.2) is 0 Å². The monoisotopic (exact) mass is 741 g/mol. The average Bonchev–Trinajstić information content (AvgIpc) is 3.92. The van der Waals surface area contributed by atoms with Crippen molar-refractivity contribution in [1.82, 2.24) is 8.97 Å². The molecule has 0 aliphatic heterocycles. The topological polar surface area (TPSA) is 12.6 Å². The Labute approximate surface area is 337 Å². The number of benzene rings is 8. The first kappa shape index (κ1) is 32.8. The third-order valence-electron chi connectivity index (χ3n) is 12.4. The Morgan fingerprint density at radius 2 is 1.03 bits per heavy atom. The van der Waals surface area contributed by atoms with Crippen LogP contribution in [-0.4, -0.2) is 8.97 Å². The molecule has 0 saturated carbocycles. The minimum atomic E-state index is 0.482. The van der Waals surface area contributed by atoms with Gasteiger partial charge in [0, 0.05) is 55.4 Å². The Hall–Kier alpha value is -7.36. The number of anilines is 3. The molecule has 0 bridgehead atoms. The molecular formula is C55H39N3. The van der Waals surface area contributed by atoms with Crippen molar-refractivity contribution in [2.75, 3.05) is 4.90 Å². The molecule has 0 spiro atoms. The fourth-order valence-electron chi connectivity index (χ4n) is 9.69. The maximum Gasteiger partial charge on any atom is 0.0620 e. The van der Waals surface area contributed by atoms with Gasteiger partial charge in [-0.15, -0.1) is 0 Å². The molecule has 1 atom stereocenters. The highest BCUT2D eigenvalue weighted by atomic mass is 15.1. The van der Waals surface area contributed by atoms with Gasteiger partial charge in [0.15, 0.2) is 0 Å². The first-order valence-corrected chi connectivity index (χ1v) is 20.3. The molecule has 0 saturated heterocycles. The van der Waals surface area contributed by atoms with E-state index in [1.54, 1.807) is 0 Å². The molecule has 3 heterocycles. The van der Waals surface area contributed by atoms with Crippen LogP contribution >= 0.6 is 0 Å². The second kappa shape index (κ2) is 12.8. The molecule has 1 aliphatic carbocycles. The van der Waals surface area contributed by atoms with E-state index < -0.39 is 0 Å². The van der Waals surface area contributed by atoms with Gasteiger partial charge in [0.2, 0.25) is 0 Å². The largest absolute Gasteiger partial charge is 0.310 e. The molecule has 1 aliphatic rings. The Morgan fingerprint density at radius 3 is 1.78 bits per heavy atom. The van der Waals surface area contributed by atoms with Gasteiger partial charge in [0.05, 0.1) is 22.1 Å². The minimum Gasteiger partial charge on any atom is -0.310 e. The summed E-state index contributed by atoms with van der Waals surface area (Å²) in [7, 11) is 0. The zero-order valence-electron chi connectivity index (χ0n) is 32.2. The minimum absolute atomic E-state index is 0.482. The van der Waals surface area contributed by atoms with Crippen LogP contribution in [0.25, 0.3) is 83.0 Å². The van der Waals surface area contributed by atoms with Crippen molar-refractivity contribution < 1.29 is 0 Å². The Morgan fingerprint density at radius 1 is 0.448 bits per heavy atom. The van der Waals surface area contributed by atoms with Crippen LogP contribution in [0.4, 0.5) is 17.1 Å². The van der Waals surface area contributed by atoms with E-state index >= 15 is 0 Å². The molecule has 3 heteroatoms. The highest BCUT2D eigenvalue weighted by Gasteiger charge is 2.23. The number of aromatic nitrogens is 2. The predicted octanol–water partition coefficient (Wildman–Crippen LogP) is 14.8. The highest BCUT2D eigenvalue weighted by Crippen LogP contribution is 2.43. The van der Waals surface area contributed by atoms with E-state index in [4.69, 9.17) is 0 Å². The zero-order valence-corrected chi connectivity index (χ0v) is 32.2. The summed E-state index contributed by atoms with van der Waals surface area (Å²) in [6.45, 7) is 2.32. The van der Waals surface area contributed by atoms with Gasteiger partial charge in [-0.3, -0.25) is 0 Å². The second-order valence-corrected chi connectivity index (χ2v) is 15.9. The molecule has 0 N–H and O–H groups in total. The van der Waals surface area contributed by atoms with E-state index in [0.717, 1.165) is 23.5 Å². The summed E-state index contributed by atoms with van der Waals surface area (Å²) in [5, 5.41) is 6.52. The molecule has 1 unspecified atom stereocenters. The molecule has 12 rings (SSSR count). The molecule has 0 amide bonds. The third-order valence-corrected chi connectivity index (χ3v) is 12.4. The van der Waals surface area contributed by atoms with Crippen LogP contribution in [0, 0.1) is 5.92 Å². The van der Waals surface area contributed by atoms with E-state index in [1.165, 1.54) is 88.2 Å².